The van der Waals surface area contributed by atoms with Gasteiger partial charge in [0.15, 0.2) is 0 Å². The van der Waals surface area contributed by atoms with Crippen LogP contribution in [0.2, 0.25) is 0 Å². The maximum Gasteiger partial charge on any atom is 0.127 e. The van der Waals surface area contributed by atoms with E-state index in [9.17, 15) is 5.11 Å². The second-order valence-corrected chi connectivity index (χ2v) is 5.89. The first-order chi connectivity index (χ1) is 10.7. The third kappa shape index (κ3) is 3.74. The zero-order valence-corrected chi connectivity index (χ0v) is 12.6. The summed E-state index contributed by atoms with van der Waals surface area (Å²) < 4.78 is 5.76. The van der Waals surface area contributed by atoms with E-state index in [1.165, 1.54) is 0 Å². The minimum atomic E-state index is 0.275. The lowest BCUT2D eigenvalue weighted by molar-refractivity contribution is 0.475. The van der Waals surface area contributed by atoms with Crippen molar-refractivity contribution in [3.63, 3.8) is 0 Å². The molecule has 0 amide bonds. The molecule has 0 spiro atoms. The smallest absolute Gasteiger partial charge is 0.127 e. The lowest BCUT2D eigenvalue weighted by Gasteiger charge is -2.07. The molecule has 3 aromatic rings. The summed E-state index contributed by atoms with van der Waals surface area (Å²) in [6.45, 7) is 0. The first-order valence-electron chi connectivity index (χ1n) is 6.79. The van der Waals surface area contributed by atoms with Crippen molar-refractivity contribution >= 4 is 17.4 Å². The van der Waals surface area contributed by atoms with E-state index in [1.807, 2.05) is 60.7 Å². The molecule has 110 valence electrons. The Morgan fingerprint density at radius 2 is 1.14 bits per heavy atom. The number of ether oxygens (including phenoxy) is 1. The summed E-state index contributed by atoms with van der Waals surface area (Å²) in [5, 5.41) is 9.28. The summed E-state index contributed by atoms with van der Waals surface area (Å²) in [5.41, 5.74) is 6.36. The number of nitrogen functional groups attached to an aromatic ring is 1. The number of phenols is 1. The SMILES string of the molecule is Nc1ccc(Oc2ccc(Sc3ccc(O)cc3)cc2)cc1. The molecule has 4 heteroatoms. The number of rotatable bonds is 4. The Bertz CT molecular complexity index is 671. The molecule has 3 rings (SSSR count). The van der Waals surface area contributed by atoms with Gasteiger partial charge in [-0.25, -0.2) is 0 Å². The minimum absolute atomic E-state index is 0.275. The van der Waals surface area contributed by atoms with E-state index < -0.39 is 0 Å². The molecule has 0 unspecified atom stereocenters. The van der Waals surface area contributed by atoms with Crippen molar-refractivity contribution in [2.75, 3.05) is 5.73 Å². The topological polar surface area (TPSA) is 55.5 Å². The van der Waals surface area contributed by atoms with Crippen LogP contribution in [0.1, 0.15) is 0 Å². The van der Waals surface area contributed by atoms with Crippen LogP contribution in [0.5, 0.6) is 17.2 Å². The summed E-state index contributed by atoms with van der Waals surface area (Å²) in [4.78, 5) is 2.18. The van der Waals surface area contributed by atoms with E-state index in [0.717, 1.165) is 21.3 Å². The van der Waals surface area contributed by atoms with E-state index >= 15 is 0 Å². The van der Waals surface area contributed by atoms with Crippen LogP contribution in [-0.2, 0) is 0 Å². The number of benzene rings is 3. The fraction of sp³-hybridized carbons (Fsp3) is 0. The van der Waals surface area contributed by atoms with Crippen molar-refractivity contribution in [1.29, 1.82) is 0 Å². The van der Waals surface area contributed by atoms with Crippen molar-refractivity contribution in [3.8, 4) is 17.2 Å². The minimum Gasteiger partial charge on any atom is -0.508 e. The molecule has 0 saturated heterocycles. The number of aromatic hydroxyl groups is 1. The standard InChI is InChI=1S/C18H15NO2S/c19-13-1-5-15(6-2-13)21-16-7-11-18(12-8-16)22-17-9-3-14(20)4-10-17/h1-12,20H,19H2. The van der Waals surface area contributed by atoms with E-state index in [0.29, 0.717) is 5.69 Å². The quantitative estimate of drug-likeness (QED) is 0.672. The highest BCUT2D eigenvalue weighted by Gasteiger charge is 2.00. The highest BCUT2D eigenvalue weighted by atomic mass is 32.2. The van der Waals surface area contributed by atoms with E-state index in [1.54, 1.807) is 23.9 Å². The molecule has 0 aliphatic heterocycles. The molecule has 0 fully saturated rings. The molecule has 0 saturated carbocycles. The predicted molar refractivity (Wildman–Crippen MR) is 89.6 cm³/mol. The largest absolute Gasteiger partial charge is 0.508 e. The molecule has 0 atom stereocenters. The van der Waals surface area contributed by atoms with Gasteiger partial charge in [0.2, 0.25) is 0 Å². The average molecular weight is 309 g/mol. The van der Waals surface area contributed by atoms with Gasteiger partial charge in [0, 0.05) is 15.5 Å². The summed E-state index contributed by atoms with van der Waals surface area (Å²) >= 11 is 1.63. The molecule has 0 aliphatic rings. The van der Waals surface area contributed by atoms with Gasteiger partial charge in [-0.1, -0.05) is 11.8 Å². The second kappa shape index (κ2) is 6.45. The van der Waals surface area contributed by atoms with Crippen molar-refractivity contribution in [1.82, 2.24) is 0 Å². The van der Waals surface area contributed by atoms with E-state index in [2.05, 4.69) is 0 Å². The van der Waals surface area contributed by atoms with Crippen LogP contribution < -0.4 is 10.5 Å². The summed E-state index contributed by atoms with van der Waals surface area (Å²) in [6.07, 6.45) is 0. The van der Waals surface area contributed by atoms with Gasteiger partial charge in [0.25, 0.3) is 0 Å². The third-order valence-corrected chi connectivity index (χ3v) is 4.03. The van der Waals surface area contributed by atoms with Crippen LogP contribution in [0.15, 0.2) is 82.6 Å². The molecule has 3 N–H and O–H groups in total. The maximum absolute atomic E-state index is 9.28. The molecule has 3 aromatic carbocycles. The fourth-order valence-corrected chi connectivity index (χ4v) is 2.71. The number of hydrogen-bond donors (Lipinski definition) is 2. The number of anilines is 1. The molecule has 0 radical (unpaired) electrons. The zero-order chi connectivity index (χ0) is 15.4. The van der Waals surface area contributed by atoms with E-state index in [4.69, 9.17) is 10.5 Å². The Morgan fingerprint density at radius 1 is 0.682 bits per heavy atom. The molecule has 0 bridgehead atoms. The molecule has 0 aromatic heterocycles. The van der Waals surface area contributed by atoms with E-state index in [-0.39, 0.29) is 5.75 Å². The van der Waals surface area contributed by atoms with Crippen molar-refractivity contribution in [3.05, 3.63) is 72.8 Å². The fourth-order valence-electron chi connectivity index (χ4n) is 1.90. The van der Waals surface area contributed by atoms with Crippen LogP contribution in [-0.4, -0.2) is 5.11 Å². The summed E-state index contributed by atoms with van der Waals surface area (Å²) in [5.74, 6) is 1.81. The average Bonchev–Trinajstić information content (AvgIpc) is 2.54. The Morgan fingerprint density at radius 3 is 1.68 bits per heavy atom. The van der Waals surface area contributed by atoms with Gasteiger partial charge in [-0.15, -0.1) is 0 Å². The Kier molecular flexibility index (Phi) is 4.21. The van der Waals surface area contributed by atoms with Gasteiger partial charge in [-0.2, -0.15) is 0 Å². The Labute approximate surface area is 133 Å². The van der Waals surface area contributed by atoms with Gasteiger partial charge < -0.3 is 15.6 Å². The molecule has 22 heavy (non-hydrogen) atoms. The van der Waals surface area contributed by atoms with Crippen LogP contribution in [0, 0.1) is 0 Å². The first-order valence-corrected chi connectivity index (χ1v) is 7.61. The maximum atomic E-state index is 9.28. The van der Waals surface area contributed by atoms with Crippen molar-refractivity contribution < 1.29 is 9.84 Å². The number of nitrogens with two attached hydrogens (primary N) is 1. The number of phenolic OH excluding ortho intramolecular Hbond substituents is 1. The summed E-state index contributed by atoms with van der Waals surface area (Å²) in [7, 11) is 0. The molecular formula is C18H15NO2S. The van der Waals surface area contributed by atoms with Gasteiger partial charge in [-0.05, 0) is 72.8 Å². The Hall–Kier alpha value is -2.59. The van der Waals surface area contributed by atoms with Crippen LogP contribution in [0.25, 0.3) is 0 Å². The van der Waals surface area contributed by atoms with Gasteiger partial charge in [-0.3, -0.25) is 0 Å². The zero-order valence-electron chi connectivity index (χ0n) is 11.8. The van der Waals surface area contributed by atoms with Crippen LogP contribution in [0.4, 0.5) is 5.69 Å². The lowest BCUT2D eigenvalue weighted by atomic mass is 10.3. The van der Waals surface area contributed by atoms with Crippen LogP contribution in [0.3, 0.4) is 0 Å². The number of hydrogen-bond acceptors (Lipinski definition) is 4. The van der Waals surface area contributed by atoms with Gasteiger partial charge >= 0.3 is 0 Å². The van der Waals surface area contributed by atoms with Crippen LogP contribution >= 0.6 is 11.8 Å². The molecular weight excluding hydrogens is 294 g/mol. The monoisotopic (exact) mass is 309 g/mol. The summed E-state index contributed by atoms with van der Waals surface area (Å²) in [6, 6.07) is 22.3. The first kappa shape index (κ1) is 14.4. The van der Waals surface area contributed by atoms with Crippen molar-refractivity contribution in [2.45, 2.75) is 9.79 Å². The molecule has 3 nitrogen and oxygen atoms in total. The van der Waals surface area contributed by atoms with Crippen molar-refractivity contribution in [2.24, 2.45) is 0 Å². The predicted octanol–water partition coefficient (Wildman–Crippen LogP) is 4.92. The lowest BCUT2D eigenvalue weighted by Crippen LogP contribution is -1.86. The highest BCUT2D eigenvalue weighted by molar-refractivity contribution is 7.99. The highest BCUT2D eigenvalue weighted by Crippen LogP contribution is 2.31. The normalized spacial score (nSPS) is 10.4. The third-order valence-electron chi connectivity index (χ3n) is 3.01. The van der Waals surface area contributed by atoms with Gasteiger partial charge in [0.1, 0.15) is 17.2 Å². The molecule has 0 heterocycles. The second-order valence-electron chi connectivity index (χ2n) is 4.74. The van der Waals surface area contributed by atoms with Gasteiger partial charge in [0.05, 0.1) is 0 Å². The molecule has 0 aliphatic carbocycles. The Balaban J connectivity index is 1.67.